The van der Waals surface area contributed by atoms with Crippen molar-refractivity contribution in [3.05, 3.63) is 23.9 Å². The predicted molar refractivity (Wildman–Crippen MR) is 107 cm³/mol. The molecule has 2 saturated heterocycles. The van der Waals surface area contributed by atoms with Crippen LogP contribution in [-0.2, 0) is 0 Å². The first-order valence-corrected chi connectivity index (χ1v) is 9.92. The lowest BCUT2D eigenvalue weighted by Crippen LogP contribution is -2.36. The monoisotopic (exact) mass is 375 g/mol. The molecule has 3 heterocycles. The van der Waals surface area contributed by atoms with Gasteiger partial charge < -0.3 is 24.7 Å². The molecule has 0 radical (unpaired) electrons. The highest BCUT2D eigenvalue weighted by Gasteiger charge is 2.36. The van der Waals surface area contributed by atoms with Crippen LogP contribution in [0.1, 0.15) is 16.8 Å². The number of pyridine rings is 1. The molecule has 27 heavy (non-hydrogen) atoms. The van der Waals surface area contributed by atoms with Gasteiger partial charge in [0.2, 0.25) is 0 Å². The number of likely N-dealkylation sites (tertiary alicyclic amines) is 1. The number of amides is 1. The van der Waals surface area contributed by atoms with Crippen LogP contribution in [0.15, 0.2) is 18.3 Å². The number of rotatable bonds is 5. The summed E-state index contributed by atoms with van der Waals surface area (Å²) in [5.74, 6) is 1.34. The van der Waals surface area contributed by atoms with Gasteiger partial charge >= 0.3 is 0 Å². The third-order valence-corrected chi connectivity index (χ3v) is 5.86. The quantitative estimate of drug-likeness (QED) is 0.807. The molecule has 0 aliphatic carbocycles. The Labute approximate surface area is 162 Å². The number of aliphatic hydroxyl groups excluding tert-OH is 1. The van der Waals surface area contributed by atoms with Crippen molar-refractivity contribution in [3.8, 4) is 0 Å². The molecule has 2 fully saturated rings. The summed E-state index contributed by atoms with van der Waals surface area (Å²) in [7, 11) is 6.04. The smallest absolute Gasteiger partial charge is 0.255 e. The van der Waals surface area contributed by atoms with Crippen LogP contribution < -0.4 is 4.90 Å². The lowest BCUT2D eigenvalue weighted by molar-refractivity contribution is 0.0778. The first kappa shape index (κ1) is 20.0. The third kappa shape index (κ3) is 4.97. The Morgan fingerprint density at radius 3 is 2.63 bits per heavy atom. The highest BCUT2D eigenvalue weighted by Crippen LogP contribution is 2.26. The average molecular weight is 376 g/mol. The fraction of sp³-hybridized carbons (Fsp3) is 0.700. The van der Waals surface area contributed by atoms with Gasteiger partial charge in [-0.2, -0.15) is 0 Å². The Balaban J connectivity index is 1.61. The van der Waals surface area contributed by atoms with Gasteiger partial charge in [0, 0.05) is 65.5 Å². The first-order valence-electron chi connectivity index (χ1n) is 9.92. The van der Waals surface area contributed by atoms with Gasteiger partial charge in [0.05, 0.1) is 5.56 Å². The maximum absolute atomic E-state index is 12.9. The fourth-order valence-electron chi connectivity index (χ4n) is 4.09. The summed E-state index contributed by atoms with van der Waals surface area (Å²) < 4.78 is 0. The normalized spacial score (nSPS) is 24.8. The SMILES string of the molecule is CN1CCCN(C[C@H]2CN(C(=O)c3ccc(N(C)C)nc3)C[C@H]2CO)CC1. The van der Waals surface area contributed by atoms with E-state index in [1.54, 1.807) is 6.20 Å². The molecule has 0 saturated carbocycles. The predicted octanol–water partition coefficient (Wildman–Crippen LogP) is 0.466. The fourth-order valence-corrected chi connectivity index (χ4v) is 4.09. The Morgan fingerprint density at radius 2 is 1.96 bits per heavy atom. The second kappa shape index (κ2) is 8.99. The second-order valence-corrected chi connectivity index (χ2v) is 8.17. The molecule has 7 heteroatoms. The summed E-state index contributed by atoms with van der Waals surface area (Å²) in [6.07, 6.45) is 2.84. The van der Waals surface area contributed by atoms with Crippen molar-refractivity contribution in [2.24, 2.45) is 11.8 Å². The number of hydrogen-bond donors (Lipinski definition) is 1. The van der Waals surface area contributed by atoms with Crippen LogP contribution in [-0.4, -0.2) is 104 Å². The number of carbonyl (C=O) groups excluding carboxylic acids is 1. The molecule has 3 rings (SSSR count). The number of aliphatic hydroxyl groups is 1. The van der Waals surface area contributed by atoms with Gasteiger partial charge in [-0.1, -0.05) is 0 Å². The number of likely N-dealkylation sites (N-methyl/N-ethyl adjacent to an activating group) is 1. The van der Waals surface area contributed by atoms with Crippen LogP contribution in [0.4, 0.5) is 5.82 Å². The van der Waals surface area contributed by atoms with E-state index in [-0.39, 0.29) is 18.4 Å². The molecule has 2 aliphatic rings. The highest BCUT2D eigenvalue weighted by molar-refractivity contribution is 5.94. The molecule has 2 aliphatic heterocycles. The minimum atomic E-state index is 0.0179. The van der Waals surface area contributed by atoms with Crippen LogP contribution in [0.5, 0.6) is 0 Å². The summed E-state index contributed by atoms with van der Waals surface area (Å²) in [6, 6.07) is 3.72. The maximum atomic E-state index is 12.9. The van der Waals surface area contributed by atoms with Gasteiger partial charge in [0.1, 0.15) is 5.82 Å². The molecule has 0 spiro atoms. The van der Waals surface area contributed by atoms with Crippen molar-refractivity contribution < 1.29 is 9.90 Å². The Bertz CT molecular complexity index is 621. The first-order chi connectivity index (χ1) is 13.0. The van der Waals surface area contributed by atoms with Gasteiger partial charge in [0.25, 0.3) is 5.91 Å². The summed E-state index contributed by atoms with van der Waals surface area (Å²) >= 11 is 0. The number of anilines is 1. The van der Waals surface area contributed by atoms with Crippen LogP contribution in [0.3, 0.4) is 0 Å². The van der Waals surface area contributed by atoms with Gasteiger partial charge in [-0.05, 0) is 44.6 Å². The number of carbonyl (C=O) groups is 1. The molecule has 1 amide bonds. The van der Waals surface area contributed by atoms with E-state index in [0.717, 1.165) is 38.5 Å². The van der Waals surface area contributed by atoms with Crippen LogP contribution >= 0.6 is 0 Å². The number of nitrogens with zero attached hydrogens (tertiary/aromatic N) is 5. The average Bonchev–Trinajstić information content (AvgIpc) is 2.96. The van der Waals surface area contributed by atoms with Gasteiger partial charge in [-0.3, -0.25) is 4.79 Å². The zero-order valence-corrected chi connectivity index (χ0v) is 16.8. The van der Waals surface area contributed by atoms with E-state index < -0.39 is 0 Å². The molecular formula is C20H33N5O2. The summed E-state index contributed by atoms with van der Waals surface area (Å²) in [4.78, 5) is 25.9. The summed E-state index contributed by atoms with van der Waals surface area (Å²) in [5.41, 5.74) is 0.620. The Morgan fingerprint density at radius 1 is 1.19 bits per heavy atom. The van der Waals surface area contributed by atoms with Crippen LogP contribution in [0.2, 0.25) is 0 Å². The van der Waals surface area contributed by atoms with E-state index >= 15 is 0 Å². The molecular weight excluding hydrogens is 342 g/mol. The third-order valence-electron chi connectivity index (χ3n) is 5.86. The van der Waals surface area contributed by atoms with Crippen LogP contribution in [0, 0.1) is 11.8 Å². The second-order valence-electron chi connectivity index (χ2n) is 8.17. The van der Waals surface area contributed by atoms with Gasteiger partial charge in [-0.25, -0.2) is 4.98 Å². The van der Waals surface area contributed by atoms with Crippen molar-refractivity contribution in [2.75, 3.05) is 78.5 Å². The minimum absolute atomic E-state index is 0.0179. The van der Waals surface area contributed by atoms with E-state index in [1.165, 1.54) is 6.42 Å². The molecule has 2 atom stereocenters. The molecule has 150 valence electrons. The molecule has 0 unspecified atom stereocenters. The maximum Gasteiger partial charge on any atom is 0.255 e. The molecule has 0 bridgehead atoms. The van der Waals surface area contributed by atoms with E-state index in [9.17, 15) is 9.90 Å². The van der Waals surface area contributed by atoms with Crippen molar-refractivity contribution in [1.29, 1.82) is 0 Å². The van der Waals surface area contributed by atoms with Crippen molar-refractivity contribution in [1.82, 2.24) is 19.7 Å². The van der Waals surface area contributed by atoms with Crippen molar-refractivity contribution in [2.45, 2.75) is 6.42 Å². The molecule has 1 aromatic heterocycles. The van der Waals surface area contributed by atoms with E-state index in [1.807, 2.05) is 36.0 Å². The largest absolute Gasteiger partial charge is 0.396 e. The zero-order valence-electron chi connectivity index (χ0n) is 16.8. The minimum Gasteiger partial charge on any atom is -0.396 e. The van der Waals surface area contributed by atoms with E-state index in [2.05, 4.69) is 21.8 Å². The lowest BCUT2D eigenvalue weighted by Gasteiger charge is -2.26. The molecule has 1 aromatic rings. The van der Waals surface area contributed by atoms with Gasteiger partial charge in [-0.15, -0.1) is 0 Å². The summed E-state index contributed by atoms with van der Waals surface area (Å²) in [6.45, 7) is 6.84. The van der Waals surface area contributed by atoms with Crippen LogP contribution in [0.25, 0.3) is 0 Å². The Hall–Kier alpha value is -1.70. The molecule has 7 nitrogen and oxygen atoms in total. The van der Waals surface area contributed by atoms with Crippen molar-refractivity contribution >= 4 is 11.7 Å². The van der Waals surface area contributed by atoms with E-state index in [4.69, 9.17) is 0 Å². The number of hydrogen-bond acceptors (Lipinski definition) is 6. The topological polar surface area (TPSA) is 63.2 Å². The zero-order chi connectivity index (χ0) is 19.4. The highest BCUT2D eigenvalue weighted by atomic mass is 16.3. The molecule has 1 N–H and O–H groups in total. The molecule has 0 aromatic carbocycles. The lowest BCUT2D eigenvalue weighted by atomic mass is 9.96. The van der Waals surface area contributed by atoms with Gasteiger partial charge in [0.15, 0.2) is 0 Å². The van der Waals surface area contributed by atoms with Crippen molar-refractivity contribution in [3.63, 3.8) is 0 Å². The Kier molecular flexibility index (Phi) is 6.68. The number of aromatic nitrogens is 1. The summed E-state index contributed by atoms with van der Waals surface area (Å²) in [5, 5.41) is 9.85. The van der Waals surface area contributed by atoms with E-state index in [0.29, 0.717) is 24.6 Å². The standard InChI is InChI=1S/C20H33N5O2/c1-22(2)19-6-5-16(11-21-19)20(27)25-13-17(18(14-25)15-26)12-24-8-4-7-23(3)9-10-24/h5-6,11,17-18,26H,4,7-10,12-15H2,1-3H3/t17-,18-/m0/s1.